The Morgan fingerprint density at radius 1 is 1.35 bits per heavy atom. The van der Waals surface area contributed by atoms with Gasteiger partial charge in [-0.1, -0.05) is 30.3 Å². The third-order valence-corrected chi connectivity index (χ3v) is 5.41. The molecule has 0 atom stereocenters. The Kier molecular flexibility index (Phi) is 5.15. The van der Waals surface area contributed by atoms with Crippen molar-refractivity contribution < 1.29 is 9.53 Å². The van der Waals surface area contributed by atoms with Gasteiger partial charge in [-0.05, 0) is 27.6 Å². The highest BCUT2D eigenvalue weighted by Gasteiger charge is 2.18. The molecule has 6 heteroatoms. The van der Waals surface area contributed by atoms with Crippen LogP contribution in [-0.2, 0) is 11.3 Å². The lowest BCUT2D eigenvalue weighted by atomic mass is 10.2. The van der Waals surface area contributed by atoms with E-state index in [9.17, 15) is 4.79 Å². The zero-order valence-corrected chi connectivity index (χ0v) is 15.1. The minimum atomic E-state index is -0.0757. The number of nitrogens with one attached hydrogen (secondary N) is 1. The molecule has 23 heavy (non-hydrogen) atoms. The summed E-state index contributed by atoms with van der Waals surface area (Å²) in [5, 5.41) is 4.96. The Hall–Kier alpha value is -1.63. The van der Waals surface area contributed by atoms with E-state index in [-0.39, 0.29) is 5.91 Å². The fourth-order valence-corrected chi connectivity index (χ4v) is 4.20. The van der Waals surface area contributed by atoms with Crippen LogP contribution in [0.25, 0.3) is 10.2 Å². The Morgan fingerprint density at radius 2 is 2.13 bits per heavy atom. The first kappa shape index (κ1) is 16.2. The first-order valence-corrected chi connectivity index (χ1v) is 8.95. The number of benzene rings is 1. The van der Waals surface area contributed by atoms with Gasteiger partial charge >= 0.3 is 0 Å². The van der Waals surface area contributed by atoms with Crippen molar-refractivity contribution in [3.8, 4) is 0 Å². The van der Waals surface area contributed by atoms with Gasteiger partial charge in [-0.2, -0.15) is 0 Å². The molecule has 0 bridgehead atoms. The van der Waals surface area contributed by atoms with Crippen molar-refractivity contribution >= 4 is 43.4 Å². The summed E-state index contributed by atoms with van der Waals surface area (Å²) in [5.74, 6) is -0.0757. The van der Waals surface area contributed by atoms with E-state index in [2.05, 4.69) is 43.3 Å². The Labute approximate surface area is 147 Å². The van der Waals surface area contributed by atoms with E-state index in [1.54, 1.807) is 18.4 Å². The molecule has 0 aliphatic carbocycles. The largest absolute Gasteiger partial charge is 0.383 e. The van der Waals surface area contributed by atoms with Crippen LogP contribution in [0.2, 0.25) is 0 Å². The predicted octanol–water partition coefficient (Wildman–Crippen LogP) is 3.89. The first-order valence-electron chi connectivity index (χ1n) is 7.28. The molecule has 0 aliphatic heterocycles. The lowest BCUT2D eigenvalue weighted by Crippen LogP contribution is -2.29. The van der Waals surface area contributed by atoms with Crippen LogP contribution >= 0.6 is 27.3 Å². The van der Waals surface area contributed by atoms with Crippen molar-refractivity contribution in [1.29, 1.82) is 0 Å². The number of ether oxygens (including phenoxy) is 1. The minimum absolute atomic E-state index is 0.0757. The molecule has 0 saturated carbocycles. The van der Waals surface area contributed by atoms with Crippen LogP contribution in [0.4, 0.5) is 0 Å². The van der Waals surface area contributed by atoms with Crippen LogP contribution in [0.1, 0.15) is 16.1 Å². The van der Waals surface area contributed by atoms with Crippen LogP contribution in [0, 0.1) is 0 Å². The summed E-state index contributed by atoms with van der Waals surface area (Å²) in [6.45, 7) is 1.66. The van der Waals surface area contributed by atoms with Gasteiger partial charge in [0.2, 0.25) is 0 Å². The van der Waals surface area contributed by atoms with Crippen LogP contribution in [-0.4, -0.2) is 30.7 Å². The summed E-state index contributed by atoms with van der Waals surface area (Å²) < 4.78 is 9.17. The minimum Gasteiger partial charge on any atom is -0.383 e. The topological polar surface area (TPSA) is 43.3 Å². The molecule has 2 aromatic heterocycles. The highest BCUT2D eigenvalue weighted by molar-refractivity contribution is 9.10. The second kappa shape index (κ2) is 7.29. The van der Waals surface area contributed by atoms with E-state index in [4.69, 9.17) is 4.74 Å². The fourth-order valence-electron chi connectivity index (χ4n) is 2.51. The van der Waals surface area contributed by atoms with Gasteiger partial charge in [0.05, 0.1) is 21.3 Å². The molecule has 4 nitrogen and oxygen atoms in total. The molecular weight excluding hydrogens is 376 g/mol. The number of hydrogen-bond donors (Lipinski definition) is 1. The van der Waals surface area contributed by atoms with E-state index >= 15 is 0 Å². The lowest BCUT2D eigenvalue weighted by molar-refractivity contribution is 0.0928. The van der Waals surface area contributed by atoms with Gasteiger partial charge in [0, 0.05) is 25.6 Å². The maximum atomic E-state index is 12.5. The summed E-state index contributed by atoms with van der Waals surface area (Å²) in [5.41, 5.74) is 2.90. The molecule has 0 fully saturated rings. The molecule has 1 amide bonds. The van der Waals surface area contributed by atoms with Crippen molar-refractivity contribution in [3.05, 3.63) is 57.5 Å². The van der Waals surface area contributed by atoms with Gasteiger partial charge < -0.3 is 14.6 Å². The zero-order chi connectivity index (χ0) is 16.2. The van der Waals surface area contributed by atoms with Crippen LogP contribution < -0.4 is 5.32 Å². The SMILES string of the molecule is COCCNC(=O)c1cc2scc(Br)c2n1Cc1ccccc1. The predicted molar refractivity (Wildman–Crippen MR) is 97.3 cm³/mol. The number of amides is 1. The maximum absolute atomic E-state index is 12.5. The number of aromatic nitrogens is 1. The number of carbonyl (C=O) groups is 1. The molecule has 3 rings (SSSR count). The summed E-state index contributed by atoms with van der Waals surface area (Å²) in [6.07, 6.45) is 0. The van der Waals surface area contributed by atoms with Gasteiger partial charge in [-0.3, -0.25) is 4.79 Å². The quantitative estimate of drug-likeness (QED) is 0.646. The van der Waals surface area contributed by atoms with Gasteiger partial charge in [0.25, 0.3) is 5.91 Å². The average molecular weight is 393 g/mol. The third-order valence-electron chi connectivity index (χ3n) is 3.59. The molecule has 0 saturated heterocycles. The van der Waals surface area contributed by atoms with Crippen molar-refractivity contribution in [1.82, 2.24) is 9.88 Å². The molecule has 0 spiro atoms. The van der Waals surface area contributed by atoms with Crippen LogP contribution in [0.5, 0.6) is 0 Å². The van der Waals surface area contributed by atoms with Crippen molar-refractivity contribution in [2.45, 2.75) is 6.54 Å². The standard InChI is InChI=1S/C17H17BrN2O2S/c1-22-8-7-19-17(21)14-9-15-16(13(18)11-23-15)20(14)10-12-5-3-2-4-6-12/h2-6,9,11H,7-8,10H2,1H3,(H,19,21). The number of hydrogen-bond acceptors (Lipinski definition) is 3. The summed E-state index contributed by atoms with van der Waals surface area (Å²) in [6, 6.07) is 12.1. The number of thiophene rings is 1. The average Bonchev–Trinajstić information content (AvgIpc) is 3.10. The molecule has 0 radical (unpaired) electrons. The number of rotatable bonds is 6. The first-order chi connectivity index (χ1) is 11.2. The second-order valence-electron chi connectivity index (χ2n) is 5.15. The number of methoxy groups -OCH3 is 1. The molecule has 0 aliphatic rings. The summed E-state index contributed by atoms with van der Waals surface area (Å²) in [4.78, 5) is 12.5. The van der Waals surface area contributed by atoms with Crippen molar-refractivity contribution in [2.24, 2.45) is 0 Å². The lowest BCUT2D eigenvalue weighted by Gasteiger charge is -2.11. The van der Waals surface area contributed by atoms with Gasteiger partial charge in [0.15, 0.2) is 0 Å². The normalized spacial score (nSPS) is 11.0. The van der Waals surface area contributed by atoms with Gasteiger partial charge in [-0.15, -0.1) is 11.3 Å². The van der Waals surface area contributed by atoms with E-state index in [0.717, 1.165) is 20.3 Å². The number of halogens is 1. The van der Waals surface area contributed by atoms with E-state index in [0.29, 0.717) is 25.4 Å². The third kappa shape index (κ3) is 3.49. The Balaban J connectivity index is 1.97. The Morgan fingerprint density at radius 3 is 2.87 bits per heavy atom. The van der Waals surface area contributed by atoms with Crippen molar-refractivity contribution in [2.75, 3.05) is 20.3 Å². The fraction of sp³-hybridized carbons (Fsp3) is 0.235. The van der Waals surface area contributed by atoms with E-state index in [1.807, 2.05) is 24.3 Å². The molecule has 1 N–H and O–H groups in total. The van der Waals surface area contributed by atoms with Crippen LogP contribution in [0.3, 0.4) is 0 Å². The van der Waals surface area contributed by atoms with Crippen LogP contribution in [0.15, 0.2) is 46.3 Å². The highest BCUT2D eigenvalue weighted by Crippen LogP contribution is 2.33. The molecule has 2 heterocycles. The highest BCUT2D eigenvalue weighted by atomic mass is 79.9. The zero-order valence-electron chi connectivity index (χ0n) is 12.7. The summed E-state index contributed by atoms with van der Waals surface area (Å²) in [7, 11) is 1.62. The maximum Gasteiger partial charge on any atom is 0.268 e. The molecule has 1 aromatic carbocycles. The van der Waals surface area contributed by atoms with Crippen molar-refractivity contribution in [3.63, 3.8) is 0 Å². The second-order valence-corrected chi connectivity index (χ2v) is 6.91. The molecule has 0 unspecified atom stereocenters. The van der Waals surface area contributed by atoms with Gasteiger partial charge in [-0.25, -0.2) is 0 Å². The smallest absolute Gasteiger partial charge is 0.268 e. The summed E-state index contributed by atoms with van der Waals surface area (Å²) >= 11 is 5.23. The molecule has 120 valence electrons. The van der Waals surface area contributed by atoms with E-state index in [1.165, 1.54) is 0 Å². The monoisotopic (exact) mass is 392 g/mol. The Bertz CT molecular complexity index is 811. The number of fused-ring (bicyclic) bond motifs is 1. The number of carbonyl (C=O) groups excluding carboxylic acids is 1. The van der Waals surface area contributed by atoms with E-state index < -0.39 is 0 Å². The molecular formula is C17H17BrN2O2S. The molecule has 3 aromatic rings. The van der Waals surface area contributed by atoms with Gasteiger partial charge in [0.1, 0.15) is 5.69 Å². The number of nitrogens with zero attached hydrogens (tertiary/aromatic N) is 1.